The molecule has 2 saturated heterocycles. The molecule has 360 valence electrons. The fraction of sp³-hybridized carbons (Fsp3) is 0.460. The lowest BCUT2D eigenvalue weighted by atomic mass is 9.70. The van der Waals surface area contributed by atoms with E-state index in [4.69, 9.17) is 10.5 Å². The standard InChI is InChI=1S/C50H59FN8O8S/c1-30(2)34-7-4-5-8-35(34)36-9-6-10-41(36)58-28-50(29-58)19-21-57(22-20-50)32-11-13-37(43(23-32)67-44-25-38-39(51)27-54-47(38)55-45(44)46(52)60)48(61)56-68(65,66)33-12-14-40(42(24-33)59(63)64)53-26-31-15-17-49(3,62)18-16-31/h4-5,7-8,11-14,23-25,27,30-31,36,41,53,62H,6,9-10,15-22,26,28-29H2,1-3H3,(H2,52,60)(H,54,55)(H,56,61)/t31-,36-,41-,49-/m0/s1. The average Bonchev–Trinajstić information content (AvgIpc) is 3.93. The third kappa shape index (κ3) is 9.50. The lowest BCUT2D eigenvalue weighted by Gasteiger charge is -2.57. The number of sulfonamides is 1. The molecule has 18 heteroatoms. The van der Waals surface area contributed by atoms with Crippen molar-refractivity contribution in [2.45, 2.75) is 107 Å². The fourth-order valence-electron chi connectivity index (χ4n) is 11.0. The van der Waals surface area contributed by atoms with E-state index >= 15 is 0 Å². The molecule has 2 aliphatic heterocycles. The highest BCUT2D eigenvalue weighted by Crippen LogP contribution is 2.49. The Morgan fingerprint density at radius 3 is 2.46 bits per heavy atom. The van der Waals surface area contributed by atoms with Gasteiger partial charge in [0.15, 0.2) is 11.4 Å². The molecule has 6 N–H and O–H groups in total. The number of amides is 2. The van der Waals surface area contributed by atoms with Crippen molar-refractivity contribution in [3.8, 4) is 11.5 Å². The number of primary amides is 1. The molecule has 5 aromatic rings. The number of nitrogens with two attached hydrogens (primary N) is 1. The minimum absolute atomic E-state index is 0.00919. The van der Waals surface area contributed by atoms with Crippen LogP contribution < -0.4 is 25.4 Å². The number of nitro groups is 1. The topological polar surface area (TPSA) is 226 Å². The highest BCUT2D eigenvalue weighted by Gasteiger charge is 2.49. The van der Waals surface area contributed by atoms with Crippen LogP contribution >= 0.6 is 0 Å². The van der Waals surface area contributed by atoms with E-state index in [1.165, 1.54) is 54.7 Å². The lowest BCUT2D eigenvalue weighted by molar-refractivity contribution is -0.384. The van der Waals surface area contributed by atoms with E-state index in [0.29, 0.717) is 56.0 Å². The molecule has 4 fully saturated rings. The van der Waals surface area contributed by atoms with E-state index in [1.54, 1.807) is 19.1 Å². The highest BCUT2D eigenvalue weighted by molar-refractivity contribution is 7.90. The summed E-state index contributed by atoms with van der Waals surface area (Å²) in [5.41, 5.74) is 7.78. The van der Waals surface area contributed by atoms with Gasteiger partial charge in [-0.25, -0.2) is 22.5 Å². The summed E-state index contributed by atoms with van der Waals surface area (Å²) in [6.45, 7) is 10.2. The maximum atomic E-state index is 14.8. The minimum atomic E-state index is -4.71. The number of nitrogens with one attached hydrogen (secondary N) is 3. The Labute approximate surface area is 395 Å². The van der Waals surface area contributed by atoms with Gasteiger partial charge in [-0.15, -0.1) is 0 Å². The van der Waals surface area contributed by atoms with Crippen LogP contribution in [0.3, 0.4) is 0 Å². The van der Waals surface area contributed by atoms with Gasteiger partial charge in [0.2, 0.25) is 0 Å². The number of ether oxygens (including phenoxy) is 1. The molecule has 0 bridgehead atoms. The Kier molecular flexibility index (Phi) is 12.7. The largest absolute Gasteiger partial charge is 0.454 e. The zero-order chi connectivity index (χ0) is 48.1. The van der Waals surface area contributed by atoms with Crippen LogP contribution in [0.4, 0.5) is 21.5 Å². The first-order valence-corrected chi connectivity index (χ1v) is 25.1. The number of carbonyl (C=O) groups is 2. The van der Waals surface area contributed by atoms with Crippen LogP contribution in [0, 0.1) is 27.3 Å². The molecular weight excluding hydrogens is 892 g/mol. The number of piperidine rings is 1. The Morgan fingerprint density at radius 1 is 1.01 bits per heavy atom. The Hall–Kier alpha value is -6.11. The Morgan fingerprint density at radius 2 is 1.75 bits per heavy atom. The summed E-state index contributed by atoms with van der Waals surface area (Å²) < 4.78 is 50.7. The number of nitro benzene ring substituents is 1. The third-order valence-corrected chi connectivity index (χ3v) is 16.3. The number of carbonyl (C=O) groups excluding carboxylic acids is 2. The zero-order valence-corrected chi connectivity index (χ0v) is 39.4. The van der Waals surface area contributed by atoms with Gasteiger partial charge in [0.25, 0.3) is 27.5 Å². The van der Waals surface area contributed by atoms with Gasteiger partial charge in [0, 0.05) is 62.8 Å². The number of pyridine rings is 1. The van der Waals surface area contributed by atoms with Crippen molar-refractivity contribution in [2.24, 2.45) is 17.1 Å². The Balaban J connectivity index is 0.939. The van der Waals surface area contributed by atoms with Crippen LogP contribution in [-0.4, -0.2) is 89.5 Å². The number of aromatic nitrogens is 2. The number of hydrogen-bond acceptors (Lipinski definition) is 12. The predicted molar refractivity (Wildman–Crippen MR) is 256 cm³/mol. The molecule has 1 spiro atoms. The van der Waals surface area contributed by atoms with E-state index in [9.17, 15) is 37.6 Å². The van der Waals surface area contributed by atoms with Gasteiger partial charge in [-0.1, -0.05) is 44.5 Å². The van der Waals surface area contributed by atoms with Crippen LogP contribution in [0.15, 0.2) is 77.8 Å². The maximum Gasteiger partial charge on any atom is 0.293 e. The van der Waals surface area contributed by atoms with Crippen molar-refractivity contribution >= 4 is 49.9 Å². The normalized spacial score (nSPS) is 22.9. The number of nitrogens with zero attached hydrogens (tertiary/aromatic N) is 4. The van der Waals surface area contributed by atoms with Crippen molar-refractivity contribution in [1.82, 2.24) is 19.6 Å². The molecule has 16 nitrogen and oxygen atoms in total. The van der Waals surface area contributed by atoms with Gasteiger partial charge in [-0.2, -0.15) is 0 Å². The van der Waals surface area contributed by atoms with Gasteiger partial charge in [-0.3, -0.25) is 24.6 Å². The fourth-order valence-corrected chi connectivity index (χ4v) is 12.0. The number of hydrogen-bond donors (Lipinski definition) is 5. The van der Waals surface area contributed by atoms with Crippen LogP contribution in [0.2, 0.25) is 0 Å². The predicted octanol–water partition coefficient (Wildman–Crippen LogP) is 8.34. The first kappa shape index (κ1) is 47.0. The second kappa shape index (κ2) is 18.4. The van der Waals surface area contributed by atoms with E-state index < -0.39 is 48.8 Å². The average molecular weight is 951 g/mol. The molecule has 0 radical (unpaired) electrons. The summed E-state index contributed by atoms with van der Waals surface area (Å²) in [7, 11) is -4.71. The van der Waals surface area contributed by atoms with Gasteiger partial charge < -0.3 is 30.8 Å². The second-order valence-electron chi connectivity index (χ2n) is 20.0. The molecular formula is C50H59FN8O8S. The number of likely N-dealkylation sites (tertiary alicyclic amines) is 1. The van der Waals surface area contributed by atoms with Gasteiger partial charge in [0.05, 0.1) is 26.4 Å². The van der Waals surface area contributed by atoms with Crippen molar-refractivity contribution in [3.63, 3.8) is 0 Å². The first-order valence-electron chi connectivity index (χ1n) is 23.6. The third-order valence-electron chi connectivity index (χ3n) is 14.9. The zero-order valence-electron chi connectivity index (χ0n) is 38.6. The van der Waals surface area contributed by atoms with Crippen LogP contribution in [0.1, 0.15) is 122 Å². The summed E-state index contributed by atoms with van der Waals surface area (Å²) >= 11 is 0. The number of aliphatic hydroxyl groups is 1. The van der Waals surface area contributed by atoms with Crippen LogP contribution in [-0.2, 0) is 10.0 Å². The van der Waals surface area contributed by atoms with E-state index in [0.717, 1.165) is 51.0 Å². The molecule has 2 aromatic heterocycles. The van der Waals surface area contributed by atoms with Crippen LogP contribution in [0.25, 0.3) is 11.0 Å². The number of fused-ring (bicyclic) bond motifs is 1. The molecule has 2 saturated carbocycles. The summed E-state index contributed by atoms with van der Waals surface area (Å²) in [5.74, 6) is -2.06. The summed E-state index contributed by atoms with van der Waals surface area (Å²) in [6, 6.07) is 18.7. The molecule has 4 aliphatic rings. The van der Waals surface area contributed by atoms with Gasteiger partial charge in [-0.05, 0) is 123 Å². The SMILES string of the molecule is CC(C)c1ccccc1[C@@H]1CCC[C@@H]1N1CC2(CCN(c3ccc(C(=O)NS(=O)(=O)c4ccc(NC[C@H]5CC[C@](C)(O)CC5)c([N+](=O)[O-])c4)c(Oc4cc5c(F)c[nH]c5nc4C(N)=O)c3)CC2)C1. The Bertz CT molecular complexity index is 2860. The first-order chi connectivity index (χ1) is 32.4. The van der Waals surface area contributed by atoms with Crippen molar-refractivity contribution in [3.05, 3.63) is 111 Å². The minimum Gasteiger partial charge on any atom is -0.454 e. The van der Waals surface area contributed by atoms with Gasteiger partial charge in [0.1, 0.15) is 22.9 Å². The van der Waals surface area contributed by atoms with Crippen molar-refractivity contribution in [2.75, 3.05) is 42.9 Å². The van der Waals surface area contributed by atoms with Crippen molar-refractivity contribution in [1.29, 1.82) is 0 Å². The molecule has 3 aromatic carbocycles. The molecule has 0 unspecified atom stereocenters. The number of halogens is 1. The highest BCUT2D eigenvalue weighted by atomic mass is 32.2. The van der Waals surface area contributed by atoms with Crippen molar-refractivity contribution < 1.29 is 37.2 Å². The van der Waals surface area contributed by atoms with Gasteiger partial charge >= 0.3 is 0 Å². The molecule has 2 aliphatic carbocycles. The van der Waals surface area contributed by atoms with E-state index in [-0.39, 0.29) is 50.8 Å². The molecule has 9 rings (SSSR count). The number of benzene rings is 3. The number of anilines is 2. The van der Waals surface area contributed by atoms with E-state index in [1.807, 2.05) is 4.72 Å². The molecule has 2 atom stereocenters. The number of H-pyrrole nitrogens is 1. The smallest absolute Gasteiger partial charge is 0.293 e. The van der Waals surface area contributed by atoms with E-state index in [2.05, 4.69) is 63.2 Å². The number of rotatable bonds is 14. The lowest BCUT2D eigenvalue weighted by Crippen LogP contribution is -2.63. The summed E-state index contributed by atoms with van der Waals surface area (Å²) in [4.78, 5) is 49.4. The monoisotopic (exact) mass is 950 g/mol. The number of aromatic amines is 1. The maximum absolute atomic E-state index is 14.8. The quantitative estimate of drug-likeness (QED) is 0.0523. The second-order valence-corrected chi connectivity index (χ2v) is 21.7. The summed E-state index contributed by atoms with van der Waals surface area (Å²) in [6.07, 6.45) is 9.20. The summed E-state index contributed by atoms with van der Waals surface area (Å²) in [5, 5.41) is 25.6. The molecule has 2 amide bonds. The van der Waals surface area contributed by atoms with Crippen LogP contribution in [0.5, 0.6) is 11.5 Å². The molecule has 4 heterocycles. The molecule has 68 heavy (non-hydrogen) atoms.